The molecular weight excluding hydrogens is 298 g/mol. The number of hydrogen-bond acceptors (Lipinski definition) is 4. The molecule has 1 aromatic heterocycles. The molecule has 0 radical (unpaired) electrons. The molecule has 1 aliphatic rings. The summed E-state index contributed by atoms with van der Waals surface area (Å²) in [6, 6.07) is 0.131. The molecule has 0 aromatic carbocycles. The van der Waals surface area contributed by atoms with E-state index < -0.39 is 9.84 Å². The molecule has 0 spiro atoms. The first-order valence-electron chi connectivity index (χ1n) is 7.02. The molecule has 2 atom stereocenters. The van der Waals surface area contributed by atoms with E-state index >= 15 is 0 Å². The summed E-state index contributed by atoms with van der Waals surface area (Å²) < 4.78 is 25.4. The normalized spacial score (nSPS) is 23.4. The van der Waals surface area contributed by atoms with Gasteiger partial charge in [-0.2, -0.15) is 5.10 Å². The van der Waals surface area contributed by atoms with Gasteiger partial charge in [0.2, 0.25) is 0 Å². The molecule has 1 aliphatic heterocycles. The Balaban J connectivity index is 2.36. The molecule has 2 heterocycles. The lowest BCUT2D eigenvalue weighted by Gasteiger charge is -2.26. The van der Waals surface area contributed by atoms with Crippen molar-refractivity contribution in [2.75, 3.05) is 18.1 Å². The van der Waals surface area contributed by atoms with Crippen LogP contribution in [-0.2, 0) is 9.84 Å². The third-order valence-corrected chi connectivity index (χ3v) is 5.82. The van der Waals surface area contributed by atoms with Crippen molar-refractivity contribution < 1.29 is 8.42 Å². The standard InChI is InChI=1S/C13H22ClN3O2S/c1-4-15-12(10-5-6-20(18,19)8-10)13-11(14)7-16-17(13)9(2)3/h7,9-10,12,15H,4-6,8H2,1-3H3. The molecule has 1 N–H and O–H groups in total. The highest BCUT2D eigenvalue weighted by molar-refractivity contribution is 7.91. The first kappa shape index (κ1) is 15.8. The van der Waals surface area contributed by atoms with Crippen molar-refractivity contribution in [2.24, 2.45) is 5.92 Å². The minimum absolute atomic E-state index is 0.0605. The van der Waals surface area contributed by atoms with Gasteiger partial charge in [-0.1, -0.05) is 18.5 Å². The Morgan fingerprint density at radius 1 is 1.55 bits per heavy atom. The molecule has 7 heteroatoms. The van der Waals surface area contributed by atoms with Gasteiger partial charge in [0.05, 0.1) is 34.5 Å². The zero-order chi connectivity index (χ0) is 14.9. The summed E-state index contributed by atoms with van der Waals surface area (Å²) >= 11 is 6.30. The number of rotatable bonds is 5. The van der Waals surface area contributed by atoms with Gasteiger partial charge in [-0.25, -0.2) is 8.42 Å². The second-order valence-corrected chi connectivity index (χ2v) is 8.25. The van der Waals surface area contributed by atoms with Crippen LogP contribution in [0.4, 0.5) is 0 Å². The molecule has 1 saturated heterocycles. The van der Waals surface area contributed by atoms with Crippen LogP contribution in [0.15, 0.2) is 6.20 Å². The topological polar surface area (TPSA) is 64.0 Å². The Morgan fingerprint density at radius 3 is 2.75 bits per heavy atom. The Hall–Kier alpha value is -0.590. The van der Waals surface area contributed by atoms with Gasteiger partial charge in [0.15, 0.2) is 9.84 Å². The molecule has 2 rings (SSSR count). The number of hydrogen-bond donors (Lipinski definition) is 1. The summed E-state index contributed by atoms with van der Waals surface area (Å²) in [7, 11) is -2.91. The van der Waals surface area contributed by atoms with Crippen LogP contribution in [0.1, 0.15) is 45.0 Å². The molecule has 114 valence electrons. The van der Waals surface area contributed by atoms with Crippen molar-refractivity contribution in [3.05, 3.63) is 16.9 Å². The zero-order valence-corrected chi connectivity index (χ0v) is 13.7. The Kier molecular flexibility index (Phi) is 4.76. The van der Waals surface area contributed by atoms with Crippen LogP contribution in [0.3, 0.4) is 0 Å². The van der Waals surface area contributed by atoms with Gasteiger partial charge in [0.1, 0.15) is 0 Å². The lowest BCUT2D eigenvalue weighted by Crippen LogP contribution is -2.31. The highest BCUT2D eigenvalue weighted by Crippen LogP contribution is 2.35. The first-order valence-corrected chi connectivity index (χ1v) is 9.22. The molecule has 1 fully saturated rings. The van der Waals surface area contributed by atoms with Crippen molar-refractivity contribution in [2.45, 2.75) is 39.3 Å². The average Bonchev–Trinajstić information content (AvgIpc) is 2.90. The predicted octanol–water partition coefficient (Wildman–Crippen LogP) is 2.20. The van der Waals surface area contributed by atoms with E-state index in [-0.39, 0.29) is 29.5 Å². The van der Waals surface area contributed by atoms with Gasteiger partial charge in [0, 0.05) is 6.04 Å². The molecule has 0 bridgehead atoms. The fourth-order valence-electron chi connectivity index (χ4n) is 2.85. The van der Waals surface area contributed by atoms with Crippen molar-refractivity contribution in [1.82, 2.24) is 15.1 Å². The number of nitrogens with one attached hydrogen (secondary N) is 1. The second kappa shape index (κ2) is 6.03. The lowest BCUT2D eigenvalue weighted by atomic mass is 9.96. The van der Waals surface area contributed by atoms with Crippen molar-refractivity contribution in [3.63, 3.8) is 0 Å². The highest BCUT2D eigenvalue weighted by atomic mass is 35.5. The van der Waals surface area contributed by atoms with Gasteiger partial charge in [-0.05, 0) is 32.7 Å². The molecule has 1 aromatic rings. The van der Waals surface area contributed by atoms with Gasteiger partial charge in [0.25, 0.3) is 0 Å². The molecule has 5 nitrogen and oxygen atoms in total. The maximum atomic E-state index is 11.7. The van der Waals surface area contributed by atoms with Crippen LogP contribution in [-0.4, -0.2) is 36.2 Å². The van der Waals surface area contributed by atoms with Gasteiger partial charge in [-0.3, -0.25) is 4.68 Å². The predicted molar refractivity (Wildman–Crippen MR) is 80.8 cm³/mol. The van der Waals surface area contributed by atoms with Crippen LogP contribution in [0.2, 0.25) is 5.02 Å². The quantitative estimate of drug-likeness (QED) is 0.903. The highest BCUT2D eigenvalue weighted by Gasteiger charge is 2.36. The van der Waals surface area contributed by atoms with E-state index in [1.807, 2.05) is 25.5 Å². The fourth-order valence-corrected chi connectivity index (χ4v) is 4.93. The molecule has 0 saturated carbocycles. The van der Waals surface area contributed by atoms with Crippen LogP contribution in [0, 0.1) is 5.92 Å². The summed E-state index contributed by atoms with van der Waals surface area (Å²) in [6.45, 7) is 6.86. The third-order valence-electron chi connectivity index (χ3n) is 3.73. The Bertz CT molecular complexity index is 568. The largest absolute Gasteiger partial charge is 0.309 e. The monoisotopic (exact) mass is 319 g/mol. The summed E-state index contributed by atoms with van der Waals surface area (Å²) in [6.07, 6.45) is 2.32. The van der Waals surface area contributed by atoms with Crippen molar-refractivity contribution in [3.8, 4) is 0 Å². The molecule has 20 heavy (non-hydrogen) atoms. The number of sulfone groups is 1. The summed E-state index contributed by atoms with van der Waals surface area (Å²) in [5.74, 6) is 0.559. The summed E-state index contributed by atoms with van der Waals surface area (Å²) in [5.41, 5.74) is 0.908. The van der Waals surface area contributed by atoms with Gasteiger partial charge >= 0.3 is 0 Å². The Morgan fingerprint density at radius 2 is 2.25 bits per heavy atom. The van der Waals surface area contributed by atoms with Crippen LogP contribution in [0.25, 0.3) is 0 Å². The third kappa shape index (κ3) is 3.18. The maximum absolute atomic E-state index is 11.7. The van der Waals surface area contributed by atoms with E-state index in [4.69, 9.17) is 11.6 Å². The van der Waals surface area contributed by atoms with Crippen molar-refractivity contribution >= 4 is 21.4 Å². The van der Waals surface area contributed by atoms with Gasteiger partial charge in [-0.15, -0.1) is 0 Å². The SMILES string of the molecule is CCNC(c1c(Cl)cnn1C(C)C)C1CCS(=O)(=O)C1. The smallest absolute Gasteiger partial charge is 0.150 e. The summed E-state index contributed by atoms with van der Waals surface area (Å²) in [5, 5.41) is 8.32. The van der Waals surface area contributed by atoms with E-state index in [0.29, 0.717) is 11.4 Å². The van der Waals surface area contributed by atoms with Gasteiger partial charge < -0.3 is 5.32 Å². The molecular formula is C13H22ClN3O2S. The number of halogens is 1. The van der Waals surface area contributed by atoms with Crippen LogP contribution in [0.5, 0.6) is 0 Å². The average molecular weight is 320 g/mol. The van der Waals surface area contributed by atoms with Crippen molar-refractivity contribution in [1.29, 1.82) is 0 Å². The summed E-state index contributed by atoms with van der Waals surface area (Å²) in [4.78, 5) is 0. The minimum atomic E-state index is -2.91. The zero-order valence-electron chi connectivity index (χ0n) is 12.1. The molecule has 0 amide bonds. The lowest BCUT2D eigenvalue weighted by molar-refractivity contribution is 0.362. The van der Waals surface area contributed by atoms with Crippen LogP contribution < -0.4 is 5.32 Å². The van der Waals surface area contributed by atoms with E-state index in [1.54, 1.807) is 6.20 Å². The van der Waals surface area contributed by atoms with E-state index in [0.717, 1.165) is 12.2 Å². The van der Waals surface area contributed by atoms with Crippen LogP contribution >= 0.6 is 11.6 Å². The molecule has 0 aliphatic carbocycles. The minimum Gasteiger partial charge on any atom is -0.309 e. The molecule has 2 unspecified atom stereocenters. The van der Waals surface area contributed by atoms with E-state index in [1.165, 1.54) is 0 Å². The number of aromatic nitrogens is 2. The second-order valence-electron chi connectivity index (χ2n) is 5.61. The Labute approximate surface area is 125 Å². The van der Waals surface area contributed by atoms with E-state index in [2.05, 4.69) is 10.4 Å². The maximum Gasteiger partial charge on any atom is 0.150 e. The van der Waals surface area contributed by atoms with E-state index in [9.17, 15) is 8.42 Å². The number of nitrogens with zero attached hydrogens (tertiary/aromatic N) is 2. The fraction of sp³-hybridized carbons (Fsp3) is 0.769. The first-order chi connectivity index (χ1) is 9.35.